The Balaban J connectivity index is 4.27. The number of rotatable bonds is 39. The summed E-state index contributed by atoms with van der Waals surface area (Å²) < 4.78 is 16.6. The Morgan fingerprint density at radius 2 is 0.551 bits per heavy atom. The highest BCUT2D eigenvalue weighted by molar-refractivity contribution is 5.71. The van der Waals surface area contributed by atoms with Crippen molar-refractivity contribution in [3.63, 3.8) is 0 Å². The first kappa shape index (κ1) is 47.4. The molecule has 0 aromatic carbocycles. The zero-order valence-electron chi connectivity index (χ0n) is 33.0. The number of hydrogen-bond donors (Lipinski definition) is 0. The molecule has 1 atom stereocenters. The fourth-order valence-electron chi connectivity index (χ4n) is 6.32. The third-order valence-corrected chi connectivity index (χ3v) is 9.61. The fourth-order valence-corrected chi connectivity index (χ4v) is 6.32. The minimum absolute atomic E-state index is 0.0637. The first-order chi connectivity index (χ1) is 24.0. The fraction of sp³-hybridized carbons (Fsp3) is 0.930. The van der Waals surface area contributed by atoms with Gasteiger partial charge in [-0.3, -0.25) is 14.4 Å². The SMILES string of the molecule is CCCCCCCCCCCCCCCCC(=O)O[C@@H](COC(=O)CCCCCCCCC)COC(=O)CCCCCCCCCCCC. The van der Waals surface area contributed by atoms with Crippen LogP contribution in [-0.2, 0) is 28.6 Å². The van der Waals surface area contributed by atoms with Crippen molar-refractivity contribution in [3.05, 3.63) is 0 Å². The van der Waals surface area contributed by atoms with E-state index in [0.717, 1.165) is 57.8 Å². The predicted octanol–water partition coefficient (Wildman–Crippen LogP) is 13.3. The van der Waals surface area contributed by atoms with Gasteiger partial charge in [-0.25, -0.2) is 0 Å². The van der Waals surface area contributed by atoms with Crippen molar-refractivity contribution in [2.24, 2.45) is 0 Å². The van der Waals surface area contributed by atoms with Crippen molar-refractivity contribution in [3.8, 4) is 0 Å². The molecule has 0 N–H and O–H groups in total. The van der Waals surface area contributed by atoms with Crippen molar-refractivity contribution in [2.75, 3.05) is 13.2 Å². The largest absolute Gasteiger partial charge is 0.462 e. The molecule has 0 unspecified atom stereocenters. The predicted molar refractivity (Wildman–Crippen MR) is 206 cm³/mol. The van der Waals surface area contributed by atoms with E-state index in [1.165, 1.54) is 141 Å². The number of carbonyl (C=O) groups is 3. The van der Waals surface area contributed by atoms with Gasteiger partial charge in [-0.15, -0.1) is 0 Å². The van der Waals surface area contributed by atoms with Gasteiger partial charge in [0.1, 0.15) is 13.2 Å². The minimum Gasteiger partial charge on any atom is -0.462 e. The molecular formula is C43H82O6. The van der Waals surface area contributed by atoms with Crippen LogP contribution in [0.3, 0.4) is 0 Å². The summed E-state index contributed by atoms with van der Waals surface area (Å²) in [4.78, 5) is 37.4. The topological polar surface area (TPSA) is 78.9 Å². The third-order valence-electron chi connectivity index (χ3n) is 9.61. The summed E-state index contributed by atoms with van der Waals surface area (Å²) in [6.07, 6.45) is 38.1. The molecule has 0 amide bonds. The summed E-state index contributed by atoms with van der Waals surface area (Å²) in [5.41, 5.74) is 0. The Labute approximate surface area is 304 Å². The zero-order chi connectivity index (χ0) is 35.9. The van der Waals surface area contributed by atoms with Gasteiger partial charge in [0.05, 0.1) is 0 Å². The first-order valence-electron chi connectivity index (χ1n) is 21.5. The van der Waals surface area contributed by atoms with Crippen LogP contribution >= 0.6 is 0 Å². The molecule has 0 bridgehead atoms. The molecule has 0 aliphatic carbocycles. The molecule has 0 aromatic rings. The molecule has 6 heteroatoms. The van der Waals surface area contributed by atoms with E-state index in [-0.39, 0.29) is 31.1 Å². The molecule has 0 aromatic heterocycles. The molecule has 0 saturated heterocycles. The molecular weight excluding hydrogens is 612 g/mol. The highest BCUT2D eigenvalue weighted by atomic mass is 16.6. The van der Waals surface area contributed by atoms with Crippen molar-refractivity contribution in [2.45, 2.75) is 245 Å². The lowest BCUT2D eigenvalue weighted by molar-refractivity contribution is -0.167. The summed E-state index contributed by atoms with van der Waals surface area (Å²) in [6.45, 7) is 6.59. The third kappa shape index (κ3) is 37.5. The first-order valence-corrected chi connectivity index (χ1v) is 21.5. The maximum Gasteiger partial charge on any atom is 0.306 e. The Bertz CT molecular complexity index is 723. The molecule has 0 spiro atoms. The number of ether oxygens (including phenoxy) is 3. The summed E-state index contributed by atoms with van der Waals surface area (Å²) in [7, 11) is 0. The van der Waals surface area contributed by atoms with Gasteiger partial charge in [-0.2, -0.15) is 0 Å². The molecule has 0 aliphatic heterocycles. The standard InChI is InChI=1S/C43H82O6/c1-4-7-10-13-16-18-20-21-22-23-25-28-31-34-37-43(46)49-40(38-47-41(44)35-32-29-26-15-12-9-6-3)39-48-42(45)36-33-30-27-24-19-17-14-11-8-5-2/h40H,4-39H2,1-3H3/t40-/m0/s1. The van der Waals surface area contributed by atoms with Crippen LogP contribution in [0.15, 0.2) is 0 Å². The Hall–Kier alpha value is -1.59. The van der Waals surface area contributed by atoms with Crippen LogP contribution in [0, 0.1) is 0 Å². The maximum atomic E-state index is 12.6. The van der Waals surface area contributed by atoms with E-state index >= 15 is 0 Å². The van der Waals surface area contributed by atoms with E-state index < -0.39 is 6.10 Å². The second-order valence-corrected chi connectivity index (χ2v) is 14.6. The van der Waals surface area contributed by atoms with Crippen LogP contribution < -0.4 is 0 Å². The van der Waals surface area contributed by atoms with Gasteiger partial charge in [0.25, 0.3) is 0 Å². The van der Waals surface area contributed by atoms with Crippen molar-refractivity contribution in [1.82, 2.24) is 0 Å². The average Bonchev–Trinajstić information content (AvgIpc) is 3.10. The quantitative estimate of drug-likeness (QED) is 0.0362. The van der Waals surface area contributed by atoms with Gasteiger partial charge in [-0.05, 0) is 19.3 Å². The smallest absolute Gasteiger partial charge is 0.306 e. The van der Waals surface area contributed by atoms with Crippen LogP contribution in [-0.4, -0.2) is 37.2 Å². The molecule has 0 radical (unpaired) electrons. The van der Waals surface area contributed by atoms with Gasteiger partial charge in [0, 0.05) is 19.3 Å². The van der Waals surface area contributed by atoms with E-state index in [4.69, 9.17) is 14.2 Å². The van der Waals surface area contributed by atoms with E-state index in [2.05, 4.69) is 20.8 Å². The molecule has 0 heterocycles. The summed E-state index contributed by atoms with van der Waals surface area (Å²) in [6, 6.07) is 0. The molecule has 6 nitrogen and oxygen atoms in total. The van der Waals surface area contributed by atoms with Crippen LogP contribution in [0.5, 0.6) is 0 Å². The van der Waals surface area contributed by atoms with Gasteiger partial charge < -0.3 is 14.2 Å². The van der Waals surface area contributed by atoms with E-state index in [0.29, 0.717) is 19.3 Å². The van der Waals surface area contributed by atoms with Crippen molar-refractivity contribution < 1.29 is 28.6 Å². The van der Waals surface area contributed by atoms with Crippen molar-refractivity contribution >= 4 is 17.9 Å². The van der Waals surface area contributed by atoms with E-state index in [1.54, 1.807) is 0 Å². The van der Waals surface area contributed by atoms with Gasteiger partial charge in [0.2, 0.25) is 0 Å². The minimum atomic E-state index is -0.756. The van der Waals surface area contributed by atoms with Gasteiger partial charge >= 0.3 is 17.9 Å². The second kappa shape index (κ2) is 39.2. The molecule has 0 fully saturated rings. The van der Waals surface area contributed by atoms with E-state index in [1.807, 2.05) is 0 Å². The number of unbranched alkanes of at least 4 members (excludes halogenated alkanes) is 28. The summed E-state index contributed by atoms with van der Waals surface area (Å²) in [5.74, 6) is -0.863. The monoisotopic (exact) mass is 695 g/mol. The van der Waals surface area contributed by atoms with Crippen LogP contribution in [0.2, 0.25) is 0 Å². The van der Waals surface area contributed by atoms with Crippen LogP contribution in [0.4, 0.5) is 0 Å². The Morgan fingerprint density at radius 3 is 0.816 bits per heavy atom. The average molecular weight is 695 g/mol. The molecule has 290 valence electrons. The van der Waals surface area contributed by atoms with E-state index in [9.17, 15) is 14.4 Å². The molecule has 0 aliphatic rings. The maximum absolute atomic E-state index is 12.6. The number of hydrogen-bond acceptors (Lipinski definition) is 6. The van der Waals surface area contributed by atoms with Crippen LogP contribution in [0.25, 0.3) is 0 Å². The highest BCUT2D eigenvalue weighted by Crippen LogP contribution is 2.15. The lowest BCUT2D eigenvalue weighted by Crippen LogP contribution is -2.30. The number of esters is 3. The normalized spacial score (nSPS) is 11.8. The molecule has 0 saturated carbocycles. The Morgan fingerprint density at radius 1 is 0.327 bits per heavy atom. The van der Waals surface area contributed by atoms with Gasteiger partial charge in [0.15, 0.2) is 6.10 Å². The number of carbonyl (C=O) groups excluding carboxylic acids is 3. The highest BCUT2D eigenvalue weighted by Gasteiger charge is 2.19. The van der Waals surface area contributed by atoms with Crippen molar-refractivity contribution in [1.29, 1.82) is 0 Å². The zero-order valence-corrected chi connectivity index (χ0v) is 33.0. The van der Waals surface area contributed by atoms with Gasteiger partial charge in [-0.1, -0.05) is 201 Å². The second-order valence-electron chi connectivity index (χ2n) is 14.6. The molecule has 49 heavy (non-hydrogen) atoms. The lowest BCUT2D eigenvalue weighted by atomic mass is 10.0. The summed E-state index contributed by atoms with van der Waals surface area (Å²) in [5, 5.41) is 0. The molecule has 0 rings (SSSR count). The lowest BCUT2D eigenvalue weighted by Gasteiger charge is -2.18. The summed E-state index contributed by atoms with van der Waals surface area (Å²) >= 11 is 0. The Kier molecular flexibility index (Phi) is 37.9. The van der Waals surface area contributed by atoms with Crippen LogP contribution in [0.1, 0.15) is 239 Å².